The van der Waals surface area contributed by atoms with Crippen molar-refractivity contribution in [2.45, 2.75) is 13.3 Å². The number of hydrogen-bond donors (Lipinski definition) is 1. The smallest absolute Gasteiger partial charge is 0.000884 e. The first-order valence-corrected chi connectivity index (χ1v) is 4.70. The molecule has 11 heavy (non-hydrogen) atoms. The molecule has 1 N–H and O–H groups in total. The van der Waals surface area contributed by atoms with Gasteiger partial charge in [0.2, 0.25) is 0 Å². The van der Waals surface area contributed by atoms with E-state index in [-0.39, 0.29) is 0 Å². The molecule has 0 aromatic heterocycles. The second-order valence-corrected chi connectivity index (χ2v) is 4.66. The van der Waals surface area contributed by atoms with Crippen molar-refractivity contribution in [1.82, 2.24) is 5.32 Å². The Morgan fingerprint density at radius 1 is 1.45 bits per heavy atom. The van der Waals surface area contributed by atoms with Gasteiger partial charge in [0.1, 0.15) is 0 Å². The minimum Gasteiger partial charge on any atom is -0.316 e. The Balaban J connectivity index is 2.04. The molecule has 1 aliphatic heterocycles. The molecule has 3 aliphatic rings. The van der Waals surface area contributed by atoms with Gasteiger partial charge in [-0.1, -0.05) is 19.1 Å². The van der Waals surface area contributed by atoms with Crippen LogP contribution in [0.2, 0.25) is 0 Å². The van der Waals surface area contributed by atoms with Crippen LogP contribution in [-0.4, -0.2) is 13.1 Å². The summed E-state index contributed by atoms with van der Waals surface area (Å²) in [4.78, 5) is 0. The Labute approximate surface area is 67.9 Å². The van der Waals surface area contributed by atoms with E-state index in [2.05, 4.69) is 24.4 Å². The third kappa shape index (κ3) is 0.610. The summed E-state index contributed by atoms with van der Waals surface area (Å²) in [5.74, 6) is 2.85. The number of hydrogen-bond acceptors (Lipinski definition) is 1. The second kappa shape index (κ2) is 1.71. The van der Waals surface area contributed by atoms with E-state index >= 15 is 0 Å². The van der Waals surface area contributed by atoms with Crippen molar-refractivity contribution < 1.29 is 0 Å². The zero-order valence-electron chi connectivity index (χ0n) is 7.01. The third-order valence-electron chi connectivity index (χ3n) is 4.06. The summed E-state index contributed by atoms with van der Waals surface area (Å²) < 4.78 is 0. The van der Waals surface area contributed by atoms with Crippen LogP contribution in [0.25, 0.3) is 0 Å². The largest absolute Gasteiger partial charge is 0.316 e. The van der Waals surface area contributed by atoms with E-state index in [0.717, 1.165) is 17.8 Å². The van der Waals surface area contributed by atoms with Gasteiger partial charge in [0.15, 0.2) is 0 Å². The molecule has 1 saturated carbocycles. The van der Waals surface area contributed by atoms with Gasteiger partial charge in [-0.05, 0) is 42.7 Å². The quantitative estimate of drug-likeness (QED) is 0.514. The Bertz CT molecular complexity index is 221. The summed E-state index contributed by atoms with van der Waals surface area (Å²) >= 11 is 0. The zero-order valence-corrected chi connectivity index (χ0v) is 7.01. The molecular formula is C10H15N. The van der Waals surface area contributed by atoms with E-state index in [1.165, 1.54) is 19.5 Å². The maximum Gasteiger partial charge on any atom is -0.000884 e. The van der Waals surface area contributed by atoms with Gasteiger partial charge >= 0.3 is 0 Å². The number of fused-ring (bicyclic) bond motifs is 5. The monoisotopic (exact) mass is 149 g/mol. The van der Waals surface area contributed by atoms with Crippen LogP contribution < -0.4 is 5.32 Å². The lowest BCUT2D eigenvalue weighted by molar-refractivity contribution is 0.295. The van der Waals surface area contributed by atoms with Gasteiger partial charge in [-0.2, -0.15) is 0 Å². The minimum atomic E-state index is 0.568. The molecule has 3 rings (SSSR count). The Kier molecular flexibility index (Phi) is 0.972. The molecular weight excluding hydrogens is 134 g/mol. The number of rotatable bonds is 0. The third-order valence-corrected chi connectivity index (χ3v) is 4.06. The summed E-state index contributed by atoms with van der Waals surface area (Å²) in [5.41, 5.74) is 0.568. The zero-order chi connectivity index (χ0) is 7.47. The molecule has 2 bridgehead atoms. The molecule has 4 atom stereocenters. The molecule has 2 fully saturated rings. The average Bonchev–Trinajstić information content (AvgIpc) is 2.53. The highest BCUT2D eigenvalue weighted by Gasteiger charge is 2.53. The van der Waals surface area contributed by atoms with E-state index < -0.39 is 0 Å². The van der Waals surface area contributed by atoms with E-state index in [0.29, 0.717) is 5.41 Å². The van der Waals surface area contributed by atoms with Crippen molar-refractivity contribution in [3.05, 3.63) is 12.2 Å². The van der Waals surface area contributed by atoms with Crippen molar-refractivity contribution in [2.75, 3.05) is 13.1 Å². The highest BCUT2D eigenvalue weighted by molar-refractivity contribution is 5.21. The van der Waals surface area contributed by atoms with Crippen LogP contribution in [0, 0.1) is 23.2 Å². The van der Waals surface area contributed by atoms with E-state index in [1.807, 2.05) is 0 Å². The van der Waals surface area contributed by atoms with Crippen LogP contribution in [0.5, 0.6) is 0 Å². The molecule has 0 unspecified atom stereocenters. The van der Waals surface area contributed by atoms with Crippen LogP contribution in [0.4, 0.5) is 0 Å². The SMILES string of the molecule is C[C@@]12C=C[C@@H](C1)[C@@H]1CNC[C@@H]12. The number of allylic oxidation sites excluding steroid dienone is 2. The minimum absolute atomic E-state index is 0.568. The summed E-state index contributed by atoms with van der Waals surface area (Å²) in [5, 5.41) is 3.51. The van der Waals surface area contributed by atoms with E-state index in [4.69, 9.17) is 0 Å². The van der Waals surface area contributed by atoms with Crippen LogP contribution >= 0.6 is 0 Å². The van der Waals surface area contributed by atoms with E-state index in [1.54, 1.807) is 0 Å². The first kappa shape index (κ1) is 6.24. The Morgan fingerprint density at radius 3 is 3.18 bits per heavy atom. The molecule has 1 saturated heterocycles. The highest BCUT2D eigenvalue weighted by atomic mass is 14.9. The second-order valence-electron chi connectivity index (χ2n) is 4.66. The molecule has 1 nitrogen and oxygen atoms in total. The molecule has 0 spiro atoms. The van der Waals surface area contributed by atoms with Gasteiger partial charge in [0, 0.05) is 0 Å². The van der Waals surface area contributed by atoms with E-state index in [9.17, 15) is 0 Å². The van der Waals surface area contributed by atoms with Gasteiger partial charge in [-0.3, -0.25) is 0 Å². The summed E-state index contributed by atoms with van der Waals surface area (Å²) in [6.07, 6.45) is 6.35. The molecule has 0 amide bonds. The van der Waals surface area contributed by atoms with Gasteiger partial charge < -0.3 is 5.32 Å². The molecule has 2 aliphatic carbocycles. The number of nitrogens with one attached hydrogen (secondary N) is 1. The van der Waals surface area contributed by atoms with Crippen molar-refractivity contribution in [1.29, 1.82) is 0 Å². The van der Waals surface area contributed by atoms with Crippen LogP contribution in [0.3, 0.4) is 0 Å². The first-order chi connectivity index (χ1) is 5.30. The molecule has 0 aromatic carbocycles. The van der Waals surface area contributed by atoms with Gasteiger partial charge in [0.25, 0.3) is 0 Å². The predicted molar refractivity (Wildman–Crippen MR) is 45.2 cm³/mol. The molecule has 1 heterocycles. The fraction of sp³-hybridized carbons (Fsp3) is 0.800. The Morgan fingerprint density at radius 2 is 2.36 bits per heavy atom. The highest BCUT2D eigenvalue weighted by Crippen LogP contribution is 2.57. The summed E-state index contributed by atoms with van der Waals surface area (Å²) in [6.45, 7) is 4.97. The topological polar surface area (TPSA) is 12.0 Å². The maximum atomic E-state index is 3.51. The van der Waals surface area contributed by atoms with Gasteiger partial charge in [-0.25, -0.2) is 0 Å². The van der Waals surface area contributed by atoms with Crippen LogP contribution in [-0.2, 0) is 0 Å². The lowest BCUT2D eigenvalue weighted by Gasteiger charge is -2.27. The molecule has 0 aromatic rings. The normalized spacial score (nSPS) is 58.8. The van der Waals surface area contributed by atoms with Crippen molar-refractivity contribution in [2.24, 2.45) is 23.2 Å². The van der Waals surface area contributed by atoms with Gasteiger partial charge in [0.05, 0.1) is 0 Å². The Hall–Kier alpha value is -0.300. The maximum absolute atomic E-state index is 3.51. The average molecular weight is 149 g/mol. The van der Waals surface area contributed by atoms with Crippen LogP contribution in [0.15, 0.2) is 12.2 Å². The fourth-order valence-electron chi connectivity index (χ4n) is 3.43. The molecule has 0 radical (unpaired) electrons. The lowest BCUT2D eigenvalue weighted by Crippen LogP contribution is -2.24. The van der Waals surface area contributed by atoms with Gasteiger partial charge in [-0.15, -0.1) is 0 Å². The van der Waals surface area contributed by atoms with Crippen molar-refractivity contribution >= 4 is 0 Å². The summed E-state index contributed by atoms with van der Waals surface area (Å²) in [6, 6.07) is 0. The van der Waals surface area contributed by atoms with Crippen molar-refractivity contribution in [3.8, 4) is 0 Å². The standard InChI is InChI=1S/C10H15N/c1-10-3-2-7(4-10)8-5-11-6-9(8)10/h2-3,7-9,11H,4-6H2,1H3/t7-,8-,9-,10+/m0/s1. The predicted octanol–water partition coefficient (Wildman–Crippen LogP) is 1.42. The first-order valence-electron chi connectivity index (χ1n) is 4.70. The molecule has 1 heteroatoms. The fourth-order valence-corrected chi connectivity index (χ4v) is 3.43. The van der Waals surface area contributed by atoms with Crippen molar-refractivity contribution in [3.63, 3.8) is 0 Å². The summed E-state index contributed by atoms with van der Waals surface area (Å²) in [7, 11) is 0. The lowest BCUT2D eigenvalue weighted by atomic mass is 9.77. The molecule has 60 valence electrons. The van der Waals surface area contributed by atoms with Crippen LogP contribution in [0.1, 0.15) is 13.3 Å².